The number of aromatic nitrogens is 2. The van der Waals surface area contributed by atoms with Crippen LogP contribution in [0.2, 0.25) is 0 Å². The van der Waals surface area contributed by atoms with E-state index >= 15 is 0 Å². The first kappa shape index (κ1) is 27.8. The summed E-state index contributed by atoms with van der Waals surface area (Å²) in [6.45, 7) is 2.70. The van der Waals surface area contributed by atoms with Gasteiger partial charge in [-0.15, -0.1) is 0 Å². The summed E-state index contributed by atoms with van der Waals surface area (Å²) in [6.07, 6.45) is 2.71. The van der Waals surface area contributed by atoms with Gasteiger partial charge < -0.3 is 24.1 Å². The van der Waals surface area contributed by atoms with E-state index in [9.17, 15) is 24.1 Å². The van der Waals surface area contributed by atoms with Crippen LogP contribution in [0, 0.1) is 21.8 Å². The lowest BCUT2D eigenvalue weighted by Gasteiger charge is -2.31. The SMILES string of the molecule is O=C(Oc1ccc([N+](=O)[O-])cc1)N1CCC(COc2cc(F)c3c(=O)[nH]c(CSC4CCOCC4)nc3c2)CC1. The van der Waals surface area contributed by atoms with Gasteiger partial charge in [0.25, 0.3) is 11.2 Å². The maximum Gasteiger partial charge on any atom is 0.415 e. The van der Waals surface area contributed by atoms with Crippen molar-refractivity contribution in [1.82, 2.24) is 14.9 Å². The zero-order valence-electron chi connectivity index (χ0n) is 21.7. The van der Waals surface area contributed by atoms with E-state index in [4.69, 9.17) is 14.2 Å². The van der Waals surface area contributed by atoms with Gasteiger partial charge in [0.1, 0.15) is 28.5 Å². The molecule has 11 nitrogen and oxygen atoms in total. The Morgan fingerprint density at radius 3 is 2.58 bits per heavy atom. The highest BCUT2D eigenvalue weighted by Crippen LogP contribution is 2.27. The van der Waals surface area contributed by atoms with Gasteiger partial charge in [0.2, 0.25) is 0 Å². The molecule has 40 heavy (non-hydrogen) atoms. The topological polar surface area (TPSA) is 137 Å². The molecule has 2 aliphatic heterocycles. The number of rotatable bonds is 8. The summed E-state index contributed by atoms with van der Waals surface area (Å²) in [6, 6.07) is 8.12. The fraction of sp³-hybridized carbons (Fsp3) is 0.444. The van der Waals surface area contributed by atoms with Crippen molar-refractivity contribution in [3.8, 4) is 11.5 Å². The van der Waals surface area contributed by atoms with E-state index in [-0.39, 0.29) is 28.3 Å². The number of carbonyl (C=O) groups excluding carboxylic acids is 1. The van der Waals surface area contributed by atoms with Crippen molar-refractivity contribution in [2.75, 3.05) is 32.9 Å². The number of amides is 1. The van der Waals surface area contributed by atoms with Crippen LogP contribution in [-0.4, -0.2) is 64.0 Å². The Kier molecular flexibility index (Phi) is 8.80. The highest BCUT2D eigenvalue weighted by Gasteiger charge is 2.25. The number of likely N-dealkylation sites (tertiary alicyclic amines) is 1. The number of non-ortho nitro benzene ring substituents is 1. The van der Waals surface area contributed by atoms with Crippen molar-refractivity contribution in [2.45, 2.75) is 36.7 Å². The Bertz CT molecular complexity index is 1420. The zero-order chi connectivity index (χ0) is 28.1. The fourth-order valence-electron chi connectivity index (χ4n) is 4.74. The summed E-state index contributed by atoms with van der Waals surface area (Å²) >= 11 is 1.71. The molecule has 1 N–H and O–H groups in total. The minimum Gasteiger partial charge on any atom is -0.493 e. The zero-order valence-corrected chi connectivity index (χ0v) is 22.5. The van der Waals surface area contributed by atoms with E-state index in [2.05, 4.69) is 9.97 Å². The number of nitrogens with zero attached hydrogens (tertiary/aromatic N) is 3. The van der Waals surface area contributed by atoms with Crippen LogP contribution in [0.25, 0.3) is 10.9 Å². The highest BCUT2D eigenvalue weighted by atomic mass is 32.2. The fourth-order valence-corrected chi connectivity index (χ4v) is 5.79. The van der Waals surface area contributed by atoms with E-state index in [0.29, 0.717) is 55.1 Å². The number of fused-ring (bicyclic) bond motifs is 1. The van der Waals surface area contributed by atoms with Crippen LogP contribution >= 0.6 is 11.8 Å². The van der Waals surface area contributed by atoms with Gasteiger partial charge in [-0.25, -0.2) is 14.2 Å². The molecule has 0 spiro atoms. The number of benzene rings is 2. The van der Waals surface area contributed by atoms with Crippen LogP contribution in [0.4, 0.5) is 14.9 Å². The largest absolute Gasteiger partial charge is 0.493 e. The Labute approximate surface area is 233 Å². The summed E-state index contributed by atoms with van der Waals surface area (Å²) < 4.78 is 31.4. The lowest BCUT2D eigenvalue weighted by Crippen LogP contribution is -2.41. The number of halogens is 1. The summed E-state index contributed by atoms with van der Waals surface area (Å²) in [5.74, 6) is 1.00. The third kappa shape index (κ3) is 6.89. The second-order valence-corrected chi connectivity index (χ2v) is 11.1. The van der Waals surface area contributed by atoms with Crippen LogP contribution in [0.1, 0.15) is 31.5 Å². The summed E-state index contributed by atoms with van der Waals surface area (Å²) in [4.78, 5) is 44.1. The van der Waals surface area contributed by atoms with Gasteiger partial charge in [0.15, 0.2) is 0 Å². The monoisotopic (exact) mass is 572 g/mol. The molecule has 13 heteroatoms. The minimum atomic E-state index is -0.686. The van der Waals surface area contributed by atoms with Gasteiger partial charge in [-0.2, -0.15) is 11.8 Å². The quantitative estimate of drug-likeness (QED) is 0.301. The molecule has 1 amide bonds. The van der Waals surface area contributed by atoms with Gasteiger partial charge in [-0.05, 0) is 43.7 Å². The third-order valence-electron chi connectivity index (χ3n) is 7.02. The van der Waals surface area contributed by atoms with Crippen LogP contribution in [0.5, 0.6) is 11.5 Å². The molecule has 2 aromatic carbocycles. The molecule has 2 fully saturated rings. The van der Waals surface area contributed by atoms with Gasteiger partial charge in [0.05, 0.1) is 22.8 Å². The molecule has 0 bridgehead atoms. The van der Waals surface area contributed by atoms with Gasteiger partial charge >= 0.3 is 6.09 Å². The molecule has 2 saturated heterocycles. The van der Waals surface area contributed by atoms with Crippen molar-refractivity contribution in [3.63, 3.8) is 0 Å². The van der Waals surface area contributed by atoms with Crippen molar-refractivity contribution >= 4 is 34.4 Å². The van der Waals surface area contributed by atoms with Crippen LogP contribution in [0.15, 0.2) is 41.2 Å². The smallest absolute Gasteiger partial charge is 0.415 e. The van der Waals surface area contributed by atoms with Crippen LogP contribution in [-0.2, 0) is 10.5 Å². The van der Waals surface area contributed by atoms with Crippen molar-refractivity contribution in [1.29, 1.82) is 0 Å². The molecule has 5 rings (SSSR count). The first-order valence-corrected chi connectivity index (χ1v) is 14.2. The molecule has 212 valence electrons. The standard InChI is InChI=1S/C27H29FN4O7S/c28-22-13-20(14-23-25(22)26(33)30-24(29-23)16-40-21-7-11-37-12-8-21)38-15-17-5-9-31(10-6-17)27(34)39-19-3-1-18(2-4-19)32(35)36/h1-4,13-14,17,21H,5-12,15-16H2,(H,29,30,33). The Hall–Kier alpha value is -3.71. The molecule has 0 saturated carbocycles. The number of nitro groups is 1. The Morgan fingerprint density at radius 1 is 1.15 bits per heavy atom. The summed E-state index contributed by atoms with van der Waals surface area (Å²) in [5, 5.41) is 11.1. The molecule has 1 aromatic heterocycles. The second kappa shape index (κ2) is 12.6. The highest BCUT2D eigenvalue weighted by molar-refractivity contribution is 7.99. The number of hydrogen-bond donors (Lipinski definition) is 1. The normalized spacial score (nSPS) is 16.7. The molecule has 0 radical (unpaired) electrons. The Morgan fingerprint density at radius 2 is 1.88 bits per heavy atom. The van der Waals surface area contributed by atoms with Gasteiger partial charge in [0, 0.05) is 55.8 Å². The number of piperidine rings is 1. The predicted molar refractivity (Wildman–Crippen MR) is 146 cm³/mol. The lowest BCUT2D eigenvalue weighted by molar-refractivity contribution is -0.384. The number of aromatic amines is 1. The molecule has 0 unspecified atom stereocenters. The van der Waals surface area contributed by atoms with E-state index in [1.807, 2.05) is 0 Å². The van der Waals surface area contributed by atoms with Crippen molar-refractivity contribution in [3.05, 3.63) is 68.5 Å². The molecular formula is C27H29FN4O7S. The maximum absolute atomic E-state index is 14.8. The first-order chi connectivity index (χ1) is 19.4. The number of hydrogen-bond acceptors (Lipinski definition) is 9. The molecule has 3 heterocycles. The third-order valence-corrected chi connectivity index (χ3v) is 8.40. The van der Waals surface area contributed by atoms with Gasteiger partial charge in [-0.1, -0.05) is 0 Å². The molecule has 2 aliphatic rings. The van der Waals surface area contributed by atoms with Gasteiger partial charge in [-0.3, -0.25) is 14.9 Å². The number of nitrogens with one attached hydrogen (secondary N) is 1. The average Bonchev–Trinajstić information content (AvgIpc) is 2.95. The number of ether oxygens (including phenoxy) is 3. The maximum atomic E-state index is 14.8. The van der Waals surface area contributed by atoms with Crippen LogP contribution in [0.3, 0.4) is 0 Å². The summed E-state index contributed by atoms with van der Waals surface area (Å²) in [7, 11) is 0. The first-order valence-electron chi connectivity index (χ1n) is 13.1. The van der Waals surface area contributed by atoms with E-state index in [1.165, 1.54) is 30.3 Å². The van der Waals surface area contributed by atoms with Crippen LogP contribution < -0.4 is 15.0 Å². The lowest BCUT2D eigenvalue weighted by atomic mass is 9.98. The Balaban J connectivity index is 1.14. The van der Waals surface area contributed by atoms with E-state index in [1.54, 1.807) is 22.7 Å². The molecule has 3 aromatic rings. The van der Waals surface area contributed by atoms with E-state index in [0.717, 1.165) is 26.1 Å². The molecule has 0 aliphatic carbocycles. The number of carbonyl (C=O) groups is 1. The summed E-state index contributed by atoms with van der Waals surface area (Å²) in [5.41, 5.74) is -0.339. The molecular weight excluding hydrogens is 543 g/mol. The van der Waals surface area contributed by atoms with E-state index < -0.39 is 22.4 Å². The van der Waals surface area contributed by atoms with Crippen molar-refractivity contribution in [2.24, 2.45) is 5.92 Å². The molecule has 0 atom stereocenters. The second-order valence-electron chi connectivity index (χ2n) is 9.79. The number of nitro benzene ring substituents is 1. The minimum absolute atomic E-state index is 0.0838. The van der Waals surface area contributed by atoms with Crippen molar-refractivity contribution < 1.29 is 28.3 Å². The predicted octanol–water partition coefficient (Wildman–Crippen LogP) is 4.67. The number of thioether (sulfide) groups is 1. The number of H-pyrrole nitrogens is 1. The average molecular weight is 573 g/mol.